The Kier molecular flexibility index (Phi) is 3.12. The second kappa shape index (κ2) is 3.97. The molecule has 0 aromatic rings. The Morgan fingerprint density at radius 2 is 2.21 bits per heavy atom. The Morgan fingerprint density at radius 3 is 2.57 bits per heavy atom. The van der Waals surface area contributed by atoms with Crippen LogP contribution in [0.15, 0.2) is 0 Å². The zero-order chi connectivity index (χ0) is 10.8. The smallest absolute Gasteiger partial charge is 0.180 e. The lowest BCUT2D eigenvalue weighted by molar-refractivity contribution is -0.111. The molecule has 2 atom stereocenters. The number of ether oxygens (including phenoxy) is 1. The number of aldehydes is 1. The predicted molar refractivity (Wildman–Crippen MR) is 51.4 cm³/mol. The number of likely N-dealkylation sites (tertiary alicyclic amines) is 1. The van der Waals surface area contributed by atoms with E-state index in [4.69, 9.17) is 10.00 Å². The van der Waals surface area contributed by atoms with Gasteiger partial charge in [-0.2, -0.15) is 5.26 Å². The van der Waals surface area contributed by atoms with Gasteiger partial charge in [-0.05, 0) is 20.8 Å². The van der Waals surface area contributed by atoms with Gasteiger partial charge in [0.1, 0.15) is 6.29 Å². The largest absolute Gasteiger partial charge is 0.371 e. The SMILES string of the molecule is CC(C)(C)OC1CC(C=O)N(C#N)C1. The van der Waals surface area contributed by atoms with Crippen molar-refractivity contribution < 1.29 is 9.53 Å². The number of rotatable bonds is 2. The molecule has 14 heavy (non-hydrogen) atoms. The Hall–Kier alpha value is -1.08. The average molecular weight is 196 g/mol. The van der Waals surface area contributed by atoms with E-state index in [1.807, 2.05) is 27.0 Å². The average Bonchev–Trinajstić information content (AvgIpc) is 2.43. The Bertz CT molecular complexity index is 252. The third-order valence-corrected chi connectivity index (χ3v) is 2.11. The first kappa shape index (κ1) is 11.0. The molecule has 0 N–H and O–H groups in total. The zero-order valence-electron chi connectivity index (χ0n) is 8.86. The van der Waals surface area contributed by atoms with E-state index in [1.165, 1.54) is 4.90 Å². The van der Waals surface area contributed by atoms with Gasteiger partial charge in [-0.3, -0.25) is 4.90 Å². The number of hydrogen-bond acceptors (Lipinski definition) is 4. The van der Waals surface area contributed by atoms with Gasteiger partial charge in [-0.25, -0.2) is 0 Å². The van der Waals surface area contributed by atoms with Gasteiger partial charge in [-0.1, -0.05) is 0 Å². The summed E-state index contributed by atoms with van der Waals surface area (Å²) in [6.45, 7) is 6.44. The van der Waals surface area contributed by atoms with Crippen LogP contribution in [0.25, 0.3) is 0 Å². The van der Waals surface area contributed by atoms with Crippen LogP contribution in [0.3, 0.4) is 0 Å². The van der Waals surface area contributed by atoms with Crippen molar-refractivity contribution >= 4 is 6.29 Å². The van der Waals surface area contributed by atoms with Crippen molar-refractivity contribution in [3.8, 4) is 6.19 Å². The molecule has 1 saturated heterocycles. The molecule has 0 saturated carbocycles. The molecule has 1 rings (SSSR count). The van der Waals surface area contributed by atoms with Crippen LogP contribution >= 0.6 is 0 Å². The van der Waals surface area contributed by atoms with E-state index in [0.717, 1.165) is 6.29 Å². The zero-order valence-corrected chi connectivity index (χ0v) is 8.86. The van der Waals surface area contributed by atoms with E-state index in [1.54, 1.807) is 0 Å². The maximum Gasteiger partial charge on any atom is 0.180 e. The van der Waals surface area contributed by atoms with Crippen molar-refractivity contribution in [2.45, 2.75) is 44.9 Å². The number of nitrogens with zero attached hydrogens (tertiary/aromatic N) is 2. The van der Waals surface area contributed by atoms with Crippen molar-refractivity contribution in [1.29, 1.82) is 5.26 Å². The lowest BCUT2D eigenvalue weighted by Crippen LogP contribution is -2.29. The number of hydrogen-bond donors (Lipinski definition) is 0. The summed E-state index contributed by atoms with van der Waals surface area (Å²) >= 11 is 0. The molecule has 0 aromatic carbocycles. The van der Waals surface area contributed by atoms with Crippen molar-refractivity contribution in [3.05, 3.63) is 0 Å². The summed E-state index contributed by atoms with van der Waals surface area (Å²) < 4.78 is 5.71. The van der Waals surface area contributed by atoms with E-state index in [0.29, 0.717) is 13.0 Å². The molecule has 1 fully saturated rings. The topological polar surface area (TPSA) is 53.3 Å². The minimum absolute atomic E-state index is 0.00940. The summed E-state index contributed by atoms with van der Waals surface area (Å²) in [7, 11) is 0. The van der Waals surface area contributed by atoms with Gasteiger partial charge >= 0.3 is 0 Å². The highest BCUT2D eigenvalue weighted by Crippen LogP contribution is 2.22. The molecule has 0 bridgehead atoms. The summed E-state index contributed by atoms with van der Waals surface area (Å²) in [6.07, 6.45) is 3.43. The highest BCUT2D eigenvalue weighted by atomic mass is 16.5. The van der Waals surface area contributed by atoms with E-state index < -0.39 is 0 Å². The van der Waals surface area contributed by atoms with Crippen molar-refractivity contribution in [1.82, 2.24) is 4.90 Å². The lowest BCUT2D eigenvalue weighted by atomic mass is 10.1. The van der Waals surface area contributed by atoms with Crippen LogP contribution in [-0.4, -0.2) is 35.5 Å². The summed E-state index contributed by atoms with van der Waals surface area (Å²) in [5.41, 5.74) is -0.219. The predicted octanol–water partition coefficient (Wildman–Crippen LogP) is 0.924. The summed E-state index contributed by atoms with van der Waals surface area (Å²) in [6, 6.07) is -0.299. The fourth-order valence-electron chi connectivity index (χ4n) is 1.66. The second-order valence-electron chi connectivity index (χ2n) is 4.54. The van der Waals surface area contributed by atoms with Gasteiger partial charge in [0.25, 0.3) is 0 Å². The van der Waals surface area contributed by atoms with E-state index >= 15 is 0 Å². The molecule has 78 valence electrons. The van der Waals surface area contributed by atoms with Crippen LogP contribution in [0.4, 0.5) is 0 Å². The highest BCUT2D eigenvalue weighted by molar-refractivity contribution is 5.58. The Balaban J connectivity index is 2.54. The summed E-state index contributed by atoms with van der Waals surface area (Å²) in [4.78, 5) is 12.1. The Labute approximate surface area is 84.4 Å². The van der Waals surface area contributed by atoms with Gasteiger partial charge in [0.2, 0.25) is 0 Å². The number of carbonyl (C=O) groups is 1. The van der Waals surface area contributed by atoms with Crippen LogP contribution in [-0.2, 0) is 9.53 Å². The fourth-order valence-corrected chi connectivity index (χ4v) is 1.66. The minimum Gasteiger partial charge on any atom is -0.371 e. The van der Waals surface area contributed by atoms with Gasteiger partial charge in [-0.15, -0.1) is 0 Å². The van der Waals surface area contributed by atoms with Crippen LogP contribution in [0.5, 0.6) is 0 Å². The molecule has 0 radical (unpaired) electrons. The molecule has 0 spiro atoms. The minimum atomic E-state index is -0.299. The molecule has 0 aromatic heterocycles. The molecule has 1 aliphatic rings. The van der Waals surface area contributed by atoms with E-state index in [9.17, 15) is 4.79 Å². The Morgan fingerprint density at radius 1 is 1.57 bits per heavy atom. The molecule has 1 aliphatic heterocycles. The lowest BCUT2D eigenvalue weighted by Gasteiger charge is -2.24. The van der Waals surface area contributed by atoms with Crippen molar-refractivity contribution in [3.63, 3.8) is 0 Å². The first-order chi connectivity index (χ1) is 6.46. The third-order valence-electron chi connectivity index (χ3n) is 2.11. The van der Waals surface area contributed by atoms with Crippen LogP contribution in [0, 0.1) is 11.5 Å². The molecular formula is C10H16N2O2. The molecule has 0 amide bonds. The van der Waals surface area contributed by atoms with Crippen molar-refractivity contribution in [2.75, 3.05) is 6.54 Å². The van der Waals surface area contributed by atoms with Gasteiger partial charge in [0.15, 0.2) is 6.19 Å². The molecule has 2 unspecified atom stereocenters. The number of nitriles is 1. The van der Waals surface area contributed by atoms with Gasteiger partial charge < -0.3 is 9.53 Å². The van der Waals surface area contributed by atoms with Crippen LogP contribution in [0.2, 0.25) is 0 Å². The standard InChI is InChI=1S/C10H16N2O2/c1-10(2,3)14-9-4-8(6-13)12(5-9)7-11/h6,8-9H,4-5H2,1-3H3. The fraction of sp³-hybridized carbons (Fsp3) is 0.800. The monoisotopic (exact) mass is 196 g/mol. The molecular weight excluding hydrogens is 180 g/mol. The van der Waals surface area contributed by atoms with Crippen LogP contribution < -0.4 is 0 Å². The van der Waals surface area contributed by atoms with Crippen molar-refractivity contribution in [2.24, 2.45) is 0 Å². The van der Waals surface area contributed by atoms with Crippen LogP contribution in [0.1, 0.15) is 27.2 Å². The number of carbonyl (C=O) groups excluding carboxylic acids is 1. The first-order valence-corrected chi connectivity index (χ1v) is 4.76. The first-order valence-electron chi connectivity index (χ1n) is 4.76. The molecule has 4 nitrogen and oxygen atoms in total. The normalized spacial score (nSPS) is 27.4. The quantitative estimate of drug-likeness (QED) is 0.487. The summed E-state index contributed by atoms with van der Waals surface area (Å²) in [5.74, 6) is 0. The van der Waals surface area contributed by atoms with Gasteiger partial charge in [0, 0.05) is 6.42 Å². The summed E-state index contributed by atoms with van der Waals surface area (Å²) in [5, 5.41) is 8.75. The van der Waals surface area contributed by atoms with E-state index in [-0.39, 0.29) is 17.7 Å². The molecule has 0 aliphatic carbocycles. The maximum atomic E-state index is 10.6. The highest BCUT2D eigenvalue weighted by Gasteiger charge is 2.34. The maximum absolute atomic E-state index is 10.6. The second-order valence-corrected chi connectivity index (χ2v) is 4.54. The molecule has 4 heteroatoms. The van der Waals surface area contributed by atoms with Gasteiger partial charge in [0.05, 0.1) is 24.3 Å². The van der Waals surface area contributed by atoms with E-state index in [2.05, 4.69) is 0 Å². The molecule has 1 heterocycles. The third kappa shape index (κ3) is 2.71.